The van der Waals surface area contributed by atoms with Crippen molar-refractivity contribution in [2.75, 3.05) is 0 Å². The maximum Gasteiger partial charge on any atom is 0.573 e. The Morgan fingerprint density at radius 3 is 2.31 bits per heavy atom. The van der Waals surface area contributed by atoms with Gasteiger partial charge in [0.15, 0.2) is 0 Å². The van der Waals surface area contributed by atoms with Gasteiger partial charge in [0.05, 0.1) is 6.26 Å². The Balaban J connectivity index is 2.17. The van der Waals surface area contributed by atoms with Crippen LogP contribution in [0.5, 0.6) is 5.75 Å². The molecular weight excluding hydrogens is 221 g/mol. The van der Waals surface area contributed by atoms with Crippen LogP contribution in [0.3, 0.4) is 0 Å². The van der Waals surface area contributed by atoms with Crippen molar-refractivity contribution in [2.45, 2.75) is 6.36 Å². The van der Waals surface area contributed by atoms with Crippen molar-refractivity contribution in [1.82, 2.24) is 0 Å². The number of hydrogen-bond acceptors (Lipinski definition) is 2. The summed E-state index contributed by atoms with van der Waals surface area (Å²) in [7, 11) is 0. The Kier molecular flexibility index (Phi) is 2.60. The molecule has 0 amide bonds. The molecule has 83 valence electrons. The van der Waals surface area contributed by atoms with Crippen LogP contribution in [0.1, 0.15) is 0 Å². The van der Waals surface area contributed by atoms with Crippen molar-refractivity contribution in [3.63, 3.8) is 0 Å². The Morgan fingerprint density at radius 2 is 1.81 bits per heavy atom. The highest BCUT2D eigenvalue weighted by Gasteiger charge is 2.30. The van der Waals surface area contributed by atoms with E-state index in [1.807, 2.05) is 0 Å². The summed E-state index contributed by atoms with van der Waals surface area (Å²) < 4.78 is 44.4. The molecule has 1 radical (unpaired) electrons. The van der Waals surface area contributed by atoms with Gasteiger partial charge in [-0.2, -0.15) is 0 Å². The summed E-state index contributed by atoms with van der Waals surface area (Å²) in [6.07, 6.45) is -3.23. The summed E-state index contributed by atoms with van der Waals surface area (Å²) in [5.74, 6) is 0.210. The third-order valence-corrected chi connectivity index (χ3v) is 1.82. The van der Waals surface area contributed by atoms with Crippen molar-refractivity contribution in [3.8, 4) is 17.1 Å². The van der Waals surface area contributed by atoms with Crippen LogP contribution in [-0.4, -0.2) is 6.36 Å². The summed E-state index contributed by atoms with van der Waals surface area (Å²) in [6.45, 7) is 0. The number of rotatable bonds is 2. The number of hydrogen-bond donors (Lipinski definition) is 0. The lowest BCUT2D eigenvalue weighted by atomic mass is 10.2. The molecule has 5 heteroatoms. The monoisotopic (exact) mass is 227 g/mol. The fourth-order valence-electron chi connectivity index (χ4n) is 1.21. The van der Waals surface area contributed by atoms with Gasteiger partial charge in [0.25, 0.3) is 0 Å². The third kappa shape index (κ3) is 2.56. The first-order valence-corrected chi connectivity index (χ1v) is 4.36. The predicted octanol–water partition coefficient (Wildman–Crippen LogP) is 3.65. The van der Waals surface area contributed by atoms with E-state index < -0.39 is 6.36 Å². The van der Waals surface area contributed by atoms with Gasteiger partial charge in [0, 0.05) is 11.6 Å². The van der Waals surface area contributed by atoms with Crippen LogP contribution in [0, 0.1) is 6.07 Å². The van der Waals surface area contributed by atoms with E-state index in [0.29, 0.717) is 11.3 Å². The fraction of sp³-hybridized carbons (Fsp3) is 0.0909. The second-order valence-corrected chi connectivity index (χ2v) is 2.97. The van der Waals surface area contributed by atoms with Gasteiger partial charge in [-0.3, -0.25) is 0 Å². The lowest BCUT2D eigenvalue weighted by Gasteiger charge is -2.08. The molecule has 1 aromatic carbocycles. The number of alkyl halides is 3. The number of furan rings is 1. The first-order valence-electron chi connectivity index (χ1n) is 4.36. The Labute approximate surface area is 89.3 Å². The maximum absolute atomic E-state index is 11.9. The van der Waals surface area contributed by atoms with Gasteiger partial charge in [-0.1, -0.05) is 0 Å². The van der Waals surface area contributed by atoms with Crippen molar-refractivity contribution < 1.29 is 22.3 Å². The molecule has 16 heavy (non-hydrogen) atoms. The van der Waals surface area contributed by atoms with E-state index in [1.165, 1.54) is 30.5 Å². The molecule has 2 nitrogen and oxygen atoms in total. The number of halogens is 3. The molecule has 0 unspecified atom stereocenters. The summed E-state index contributed by atoms with van der Waals surface area (Å²) in [4.78, 5) is 0. The van der Waals surface area contributed by atoms with E-state index >= 15 is 0 Å². The smallest absolute Gasteiger partial charge is 0.464 e. The van der Waals surface area contributed by atoms with E-state index in [-0.39, 0.29) is 5.75 Å². The zero-order valence-electron chi connectivity index (χ0n) is 7.91. The SMILES string of the molecule is FC(F)(F)Oc1ccc(-c2[c]cco2)cc1. The Bertz CT molecular complexity index is 443. The molecule has 0 aliphatic heterocycles. The molecule has 0 bridgehead atoms. The molecule has 1 aromatic heterocycles. The van der Waals surface area contributed by atoms with Crippen molar-refractivity contribution in [1.29, 1.82) is 0 Å². The maximum atomic E-state index is 11.9. The van der Waals surface area contributed by atoms with E-state index in [0.717, 1.165) is 0 Å². The summed E-state index contributed by atoms with van der Waals surface area (Å²) in [5.41, 5.74) is 0.638. The van der Waals surface area contributed by atoms with Gasteiger partial charge < -0.3 is 9.15 Å². The highest BCUT2D eigenvalue weighted by Crippen LogP contribution is 2.26. The summed E-state index contributed by atoms with van der Waals surface area (Å²) in [5, 5.41) is 0. The van der Waals surface area contributed by atoms with Gasteiger partial charge in [-0.25, -0.2) is 0 Å². The standard InChI is InChI=1S/C11H6F3O2/c12-11(13,14)16-9-5-3-8(4-6-9)10-2-1-7-15-10/h1,3-7H. The lowest BCUT2D eigenvalue weighted by molar-refractivity contribution is -0.274. The van der Waals surface area contributed by atoms with Crippen molar-refractivity contribution in [2.24, 2.45) is 0 Å². The summed E-state index contributed by atoms with van der Waals surface area (Å²) >= 11 is 0. The molecular formula is C11H6F3O2. The third-order valence-electron chi connectivity index (χ3n) is 1.82. The van der Waals surface area contributed by atoms with Crippen LogP contribution in [0.2, 0.25) is 0 Å². The van der Waals surface area contributed by atoms with Crippen LogP contribution in [0.15, 0.2) is 41.0 Å². The minimum atomic E-state index is -4.67. The number of ether oxygens (including phenoxy) is 1. The molecule has 0 atom stereocenters. The van der Waals surface area contributed by atoms with E-state index in [2.05, 4.69) is 10.8 Å². The van der Waals surface area contributed by atoms with E-state index in [9.17, 15) is 13.2 Å². The fourth-order valence-corrected chi connectivity index (χ4v) is 1.21. The molecule has 0 N–H and O–H groups in total. The topological polar surface area (TPSA) is 22.4 Å². The first kappa shape index (κ1) is 10.6. The van der Waals surface area contributed by atoms with Crippen LogP contribution in [-0.2, 0) is 0 Å². The molecule has 0 spiro atoms. The minimum absolute atomic E-state index is 0.261. The highest BCUT2D eigenvalue weighted by molar-refractivity contribution is 5.57. The molecule has 1 heterocycles. The Hall–Kier alpha value is -1.91. The molecule has 2 rings (SSSR count). The van der Waals surface area contributed by atoms with Gasteiger partial charge in [-0.05, 0) is 30.3 Å². The normalized spacial score (nSPS) is 11.4. The average Bonchev–Trinajstić information content (AvgIpc) is 2.69. The first-order chi connectivity index (χ1) is 7.54. The molecule has 0 aliphatic rings. The molecule has 2 aromatic rings. The van der Waals surface area contributed by atoms with Crippen LogP contribution in [0.25, 0.3) is 11.3 Å². The highest BCUT2D eigenvalue weighted by atomic mass is 19.4. The second kappa shape index (κ2) is 3.92. The van der Waals surface area contributed by atoms with Crippen LogP contribution < -0.4 is 4.74 Å². The largest absolute Gasteiger partial charge is 0.573 e. The predicted molar refractivity (Wildman–Crippen MR) is 49.7 cm³/mol. The van der Waals surface area contributed by atoms with Gasteiger partial charge in [0.2, 0.25) is 0 Å². The van der Waals surface area contributed by atoms with E-state index in [1.54, 1.807) is 6.07 Å². The second-order valence-electron chi connectivity index (χ2n) is 2.97. The van der Waals surface area contributed by atoms with E-state index in [4.69, 9.17) is 4.42 Å². The zero-order chi connectivity index (χ0) is 11.6. The van der Waals surface area contributed by atoms with Crippen LogP contribution >= 0.6 is 0 Å². The minimum Gasteiger partial charge on any atom is -0.464 e. The molecule has 0 saturated heterocycles. The molecule has 0 aliphatic carbocycles. The molecule has 0 fully saturated rings. The lowest BCUT2D eigenvalue weighted by Crippen LogP contribution is -2.16. The molecule has 0 saturated carbocycles. The van der Waals surface area contributed by atoms with Gasteiger partial charge in [0.1, 0.15) is 11.5 Å². The van der Waals surface area contributed by atoms with Crippen molar-refractivity contribution in [3.05, 3.63) is 42.7 Å². The van der Waals surface area contributed by atoms with Gasteiger partial charge >= 0.3 is 6.36 Å². The summed E-state index contributed by atoms with van der Waals surface area (Å²) in [6, 6.07) is 9.75. The van der Waals surface area contributed by atoms with Gasteiger partial charge in [-0.15, -0.1) is 13.2 Å². The van der Waals surface area contributed by atoms with Crippen LogP contribution in [0.4, 0.5) is 13.2 Å². The van der Waals surface area contributed by atoms with Crippen molar-refractivity contribution >= 4 is 0 Å². The zero-order valence-corrected chi connectivity index (χ0v) is 7.91. The number of benzene rings is 1. The Morgan fingerprint density at radius 1 is 1.12 bits per heavy atom. The quantitative estimate of drug-likeness (QED) is 0.781. The average molecular weight is 227 g/mol.